The summed E-state index contributed by atoms with van der Waals surface area (Å²) in [5.74, 6) is 0. The van der Waals surface area contributed by atoms with Crippen molar-refractivity contribution in [2.45, 2.75) is 4.90 Å². The van der Waals surface area contributed by atoms with Gasteiger partial charge in [0.05, 0.1) is 16.3 Å². The van der Waals surface area contributed by atoms with Crippen LogP contribution in [0, 0.1) is 0 Å². The van der Waals surface area contributed by atoms with Crippen LogP contribution >= 0.6 is 0 Å². The first-order chi connectivity index (χ1) is 8.39. The Labute approximate surface area is 107 Å². The maximum absolute atomic E-state index is 11.6. The summed E-state index contributed by atoms with van der Waals surface area (Å²) in [6.45, 7) is 0. The molecule has 6 heteroatoms. The van der Waals surface area contributed by atoms with Crippen LogP contribution in [0.15, 0.2) is 41.6 Å². The maximum atomic E-state index is 11.6. The van der Waals surface area contributed by atoms with E-state index in [4.69, 9.17) is 0 Å². The summed E-state index contributed by atoms with van der Waals surface area (Å²) in [6, 6.07) is 6.84. The SMILES string of the molecule is CN(C)c1cc(S(C)(=O)=O)ccc1-n1cccn1. The van der Waals surface area contributed by atoms with Gasteiger partial charge in [-0.05, 0) is 24.3 Å². The van der Waals surface area contributed by atoms with Crippen molar-refractivity contribution in [1.82, 2.24) is 9.78 Å². The highest BCUT2D eigenvalue weighted by molar-refractivity contribution is 7.90. The van der Waals surface area contributed by atoms with Gasteiger partial charge >= 0.3 is 0 Å². The Kier molecular flexibility index (Phi) is 3.13. The van der Waals surface area contributed by atoms with Crippen molar-refractivity contribution in [2.75, 3.05) is 25.3 Å². The number of anilines is 1. The van der Waals surface area contributed by atoms with E-state index < -0.39 is 9.84 Å². The number of aromatic nitrogens is 2. The van der Waals surface area contributed by atoms with Gasteiger partial charge in [-0.3, -0.25) is 0 Å². The molecular weight excluding hydrogens is 250 g/mol. The minimum absolute atomic E-state index is 0.308. The van der Waals surface area contributed by atoms with Crippen molar-refractivity contribution in [3.05, 3.63) is 36.7 Å². The Hall–Kier alpha value is -1.82. The second-order valence-electron chi connectivity index (χ2n) is 4.27. The number of hydrogen-bond acceptors (Lipinski definition) is 4. The van der Waals surface area contributed by atoms with Gasteiger partial charge in [-0.25, -0.2) is 13.1 Å². The summed E-state index contributed by atoms with van der Waals surface area (Å²) in [5, 5.41) is 4.16. The summed E-state index contributed by atoms with van der Waals surface area (Å²) >= 11 is 0. The molecule has 0 aliphatic carbocycles. The van der Waals surface area contributed by atoms with E-state index in [2.05, 4.69) is 5.10 Å². The number of hydrogen-bond donors (Lipinski definition) is 0. The van der Waals surface area contributed by atoms with Crippen LogP contribution < -0.4 is 4.90 Å². The Morgan fingerprint density at radius 3 is 2.50 bits per heavy atom. The molecule has 1 aromatic carbocycles. The lowest BCUT2D eigenvalue weighted by Crippen LogP contribution is -2.13. The third-order valence-corrected chi connectivity index (χ3v) is 3.72. The van der Waals surface area contributed by atoms with Gasteiger partial charge in [-0.2, -0.15) is 5.10 Å². The molecule has 0 unspecified atom stereocenters. The van der Waals surface area contributed by atoms with E-state index in [9.17, 15) is 8.42 Å². The standard InChI is InChI=1S/C12H15N3O2S/c1-14(2)12-9-10(18(3,16)17)5-6-11(12)15-8-4-7-13-15/h4-9H,1-3H3. The highest BCUT2D eigenvalue weighted by atomic mass is 32.2. The van der Waals surface area contributed by atoms with Crippen LogP contribution in [0.1, 0.15) is 0 Å². The van der Waals surface area contributed by atoms with Gasteiger partial charge in [0.2, 0.25) is 0 Å². The van der Waals surface area contributed by atoms with Gasteiger partial charge in [0.15, 0.2) is 9.84 Å². The van der Waals surface area contributed by atoms with Crippen LogP contribution in [0.2, 0.25) is 0 Å². The van der Waals surface area contributed by atoms with Crippen LogP contribution in [0.25, 0.3) is 5.69 Å². The number of benzene rings is 1. The molecule has 2 aromatic rings. The molecule has 0 aliphatic rings. The molecule has 0 spiro atoms. The fraction of sp³-hybridized carbons (Fsp3) is 0.250. The quantitative estimate of drug-likeness (QED) is 0.840. The van der Waals surface area contributed by atoms with Crippen LogP contribution in [-0.4, -0.2) is 38.5 Å². The smallest absolute Gasteiger partial charge is 0.175 e. The lowest BCUT2D eigenvalue weighted by atomic mass is 10.2. The molecule has 0 N–H and O–H groups in total. The van der Waals surface area contributed by atoms with Crippen molar-refractivity contribution in [1.29, 1.82) is 0 Å². The first-order valence-electron chi connectivity index (χ1n) is 5.41. The first-order valence-corrected chi connectivity index (χ1v) is 7.30. The van der Waals surface area contributed by atoms with Crippen molar-refractivity contribution >= 4 is 15.5 Å². The van der Waals surface area contributed by atoms with Gasteiger partial charge in [0.1, 0.15) is 0 Å². The highest BCUT2D eigenvalue weighted by Gasteiger charge is 2.13. The Balaban J connectivity index is 2.63. The van der Waals surface area contributed by atoms with E-state index in [0.29, 0.717) is 4.90 Å². The molecule has 0 amide bonds. The van der Waals surface area contributed by atoms with Gasteiger partial charge in [0, 0.05) is 32.7 Å². The molecule has 18 heavy (non-hydrogen) atoms. The lowest BCUT2D eigenvalue weighted by molar-refractivity contribution is 0.602. The van der Waals surface area contributed by atoms with Crippen molar-refractivity contribution in [3.63, 3.8) is 0 Å². The second-order valence-corrected chi connectivity index (χ2v) is 6.28. The molecule has 0 saturated carbocycles. The average molecular weight is 265 g/mol. The zero-order valence-electron chi connectivity index (χ0n) is 10.5. The largest absolute Gasteiger partial charge is 0.376 e. The molecule has 0 fully saturated rings. The summed E-state index contributed by atoms with van der Waals surface area (Å²) in [6.07, 6.45) is 4.71. The number of nitrogens with zero attached hydrogens (tertiary/aromatic N) is 3. The van der Waals surface area contributed by atoms with E-state index in [-0.39, 0.29) is 0 Å². The molecule has 0 bridgehead atoms. The molecule has 0 aliphatic heterocycles. The predicted octanol–water partition coefficient (Wildman–Crippen LogP) is 1.34. The van der Waals surface area contributed by atoms with Crippen LogP contribution in [0.5, 0.6) is 0 Å². The molecule has 1 heterocycles. The lowest BCUT2D eigenvalue weighted by Gasteiger charge is -2.18. The normalized spacial score (nSPS) is 11.5. The minimum Gasteiger partial charge on any atom is -0.376 e. The van der Waals surface area contributed by atoms with E-state index in [1.807, 2.05) is 31.3 Å². The third kappa shape index (κ3) is 2.38. The summed E-state index contributed by atoms with van der Waals surface area (Å²) in [4.78, 5) is 2.17. The fourth-order valence-corrected chi connectivity index (χ4v) is 2.34. The summed E-state index contributed by atoms with van der Waals surface area (Å²) in [5.41, 5.74) is 1.65. The molecule has 0 radical (unpaired) electrons. The van der Waals surface area contributed by atoms with Gasteiger partial charge < -0.3 is 4.90 Å². The number of rotatable bonds is 3. The molecule has 2 rings (SSSR count). The van der Waals surface area contributed by atoms with Gasteiger partial charge in [0.25, 0.3) is 0 Å². The summed E-state index contributed by atoms with van der Waals surface area (Å²) in [7, 11) is 0.538. The van der Waals surface area contributed by atoms with Crippen molar-refractivity contribution < 1.29 is 8.42 Å². The Morgan fingerprint density at radius 1 is 1.28 bits per heavy atom. The number of sulfone groups is 1. The highest BCUT2D eigenvalue weighted by Crippen LogP contribution is 2.25. The average Bonchev–Trinajstić information content (AvgIpc) is 2.80. The molecule has 1 aromatic heterocycles. The minimum atomic E-state index is -3.20. The zero-order valence-corrected chi connectivity index (χ0v) is 11.3. The van der Waals surface area contributed by atoms with E-state index in [1.54, 1.807) is 29.1 Å². The van der Waals surface area contributed by atoms with Crippen LogP contribution in [0.3, 0.4) is 0 Å². The summed E-state index contributed by atoms with van der Waals surface area (Å²) < 4.78 is 24.8. The van der Waals surface area contributed by atoms with E-state index in [1.165, 1.54) is 6.26 Å². The predicted molar refractivity (Wildman–Crippen MR) is 71.0 cm³/mol. The van der Waals surface area contributed by atoms with Gasteiger partial charge in [-0.15, -0.1) is 0 Å². The third-order valence-electron chi connectivity index (χ3n) is 2.61. The maximum Gasteiger partial charge on any atom is 0.175 e. The monoisotopic (exact) mass is 265 g/mol. The van der Waals surface area contributed by atoms with Crippen LogP contribution in [-0.2, 0) is 9.84 Å². The van der Waals surface area contributed by atoms with Crippen LogP contribution in [0.4, 0.5) is 5.69 Å². The zero-order chi connectivity index (χ0) is 13.3. The van der Waals surface area contributed by atoms with E-state index >= 15 is 0 Å². The Morgan fingerprint density at radius 2 is 2.00 bits per heavy atom. The first kappa shape index (κ1) is 12.6. The second kappa shape index (κ2) is 4.45. The molecule has 5 nitrogen and oxygen atoms in total. The van der Waals surface area contributed by atoms with Crippen molar-refractivity contribution in [2.24, 2.45) is 0 Å². The molecular formula is C12H15N3O2S. The topological polar surface area (TPSA) is 55.2 Å². The Bertz CT molecular complexity index is 646. The van der Waals surface area contributed by atoms with Gasteiger partial charge in [-0.1, -0.05) is 0 Å². The van der Waals surface area contributed by atoms with E-state index in [0.717, 1.165) is 11.4 Å². The fourth-order valence-electron chi connectivity index (χ4n) is 1.70. The molecule has 96 valence electrons. The molecule has 0 atom stereocenters. The van der Waals surface area contributed by atoms with Crippen molar-refractivity contribution in [3.8, 4) is 5.69 Å². The molecule has 0 saturated heterocycles.